The van der Waals surface area contributed by atoms with E-state index >= 15 is 0 Å². The third-order valence-corrected chi connectivity index (χ3v) is 5.08. The van der Waals surface area contributed by atoms with Crippen LogP contribution in [-0.2, 0) is 5.41 Å². The molecule has 0 unspecified atom stereocenters. The average Bonchev–Trinajstić information content (AvgIpc) is 2.28. The molecule has 1 aromatic rings. The van der Waals surface area contributed by atoms with Crippen LogP contribution in [0.1, 0.15) is 44.2 Å². The monoisotopic (exact) mass is 215 g/mol. The summed E-state index contributed by atoms with van der Waals surface area (Å²) in [5.41, 5.74) is 1.60. The van der Waals surface area contributed by atoms with Crippen molar-refractivity contribution in [3.8, 4) is 0 Å². The molecule has 4 saturated carbocycles. The van der Waals surface area contributed by atoms with Crippen molar-refractivity contribution in [2.45, 2.75) is 43.9 Å². The largest absolute Gasteiger partial charge is 0.139 e. The minimum Gasteiger partial charge on any atom is -0.139 e. The van der Waals surface area contributed by atoms with Crippen LogP contribution in [0.15, 0.2) is 12.3 Å². The van der Waals surface area contributed by atoms with Gasteiger partial charge in [-0.15, -0.1) is 10.2 Å². The second-order valence-electron chi connectivity index (χ2n) is 6.20. The Kier molecular flexibility index (Phi) is 1.72. The number of aromatic nitrogens is 3. The van der Waals surface area contributed by atoms with Gasteiger partial charge in [0.2, 0.25) is 0 Å². The third kappa shape index (κ3) is 1.17. The molecule has 4 bridgehead atoms. The molecule has 16 heavy (non-hydrogen) atoms. The maximum absolute atomic E-state index is 4.31. The second-order valence-corrected chi connectivity index (χ2v) is 6.20. The third-order valence-electron chi connectivity index (χ3n) is 5.08. The number of hydrogen-bond donors (Lipinski definition) is 0. The summed E-state index contributed by atoms with van der Waals surface area (Å²) >= 11 is 0. The van der Waals surface area contributed by atoms with Crippen LogP contribution in [0.25, 0.3) is 0 Å². The van der Waals surface area contributed by atoms with Crippen molar-refractivity contribution >= 4 is 0 Å². The Morgan fingerprint density at radius 3 is 2.12 bits per heavy atom. The van der Waals surface area contributed by atoms with Gasteiger partial charge in [0.25, 0.3) is 0 Å². The molecule has 0 amide bonds. The first-order valence-corrected chi connectivity index (χ1v) is 6.49. The lowest BCUT2D eigenvalue weighted by Crippen LogP contribution is -2.49. The van der Waals surface area contributed by atoms with Crippen molar-refractivity contribution in [3.05, 3.63) is 18.0 Å². The summed E-state index contributed by atoms with van der Waals surface area (Å²) in [4.78, 5) is 0. The molecule has 1 heterocycles. The summed E-state index contributed by atoms with van der Waals surface area (Å²) in [5, 5.41) is 12.0. The quantitative estimate of drug-likeness (QED) is 0.721. The van der Waals surface area contributed by atoms with Gasteiger partial charge in [-0.1, -0.05) is 0 Å². The highest BCUT2D eigenvalue weighted by molar-refractivity contribution is 5.20. The standard InChI is InChI=1S/C13H17N3/c1-2-14-16-15-12(1)13-6-9-3-10(7-13)5-11(4-9)8-13/h1-2,9-11H,3-8H2. The molecule has 0 atom stereocenters. The zero-order valence-corrected chi connectivity index (χ0v) is 9.47. The van der Waals surface area contributed by atoms with Crippen LogP contribution in [0.5, 0.6) is 0 Å². The maximum Gasteiger partial charge on any atom is 0.0726 e. The average molecular weight is 215 g/mol. The van der Waals surface area contributed by atoms with E-state index in [0.29, 0.717) is 5.41 Å². The first-order chi connectivity index (χ1) is 7.84. The zero-order chi connectivity index (χ0) is 10.6. The van der Waals surface area contributed by atoms with Gasteiger partial charge >= 0.3 is 0 Å². The molecule has 4 fully saturated rings. The molecule has 4 aliphatic carbocycles. The molecule has 0 aromatic carbocycles. The zero-order valence-electron chi connectivity index (χ0n) is 9.47. The van der Waals surface area contributed by atoms with E-state index in [2.05, 4.69) is 21.5 Å². The molecule has 0 radical (unpaired) electrons. The van der Waals surface area contributed by atoms with Crippen LogP contribution in [-0.4, -0.2) is 15.4 Å². The highest BCUT2D eigenvalue weighted by atomic mass is 15.3. The normalized spacial score (nSPS) is 44.9. The predicted molar refractivity (Wildman–Crippen MR) is 59.7 cm³/mol. The highest BCUT2D eigenvalue weighted by Gasteiger charge is 2.52. The lowest BCUT2D eigenvalue weighted by atomic mass is 9.49. The summed E-state index contributed by atoms with van der Waals surface area (Å²) in [6.45, 7) is 0. The van der Waals surface area contributed by atoms with Gasteiger partial charge in [-0.2, -0.15) is 0 Å². The van der Waals surface area contributed by atoms with Gasteiger partial charge in [0.05, 0.1) is 11.9 Å². The van der Waals surface area contributed by atoms with Crippen LogP contribution in [0.3, 0.4) is 0 Å². The Morgan fingerprint density at radius 1 is 1.00 bits per heavy atom. The van der Waals surface area contributed by atoms with Crippen molar-refractivity contribution in [1.29, 1.82) is 0 Å². The fraction of sp³-hybridized carbons (Fsp3) is 0.769. The van der Waals surface area contributed by atoms with E-state index in [9.17, 15) is 0 Å². The molecule has 0 spiro atoms. The van der Waals surface area contributed by atoms with Crippen molar-refractivity contribution in [3.63, 3.8) is 0 Å². The summed E-state index contributed by atoms with van der Waals surface area (Å²) in [5.74, 6) is 2.92. The van der Waals surface area contributed by atoms with E-state index < -0.39 is 0 Å². The van der Waals surface area contributed by atoms with E-state index in [1.807, 2.05) is 0 Å². The molecule has 84 valence electrons. The van der Waals surface area contributed by atoms with Crippen LogP contribution in [0.4, 0.5) is 0 Å². The first kappa shape index (κ1) is 9.08. The number of nitrogens with zero attached hydrogens (tertiary/aromatic N) is 3. The van der Waals surface area contributed by atoms with E-state index in [0.717, 1.165) is 17.8 Å². The molecule has 0 saturated heterocycles. The Hall–Kier alpha value is -0.990. The first-order valence-electron chi connectivity index (χ1n) is 6.49. The molecule has 0 aliphatic heterocycles. The van der Waals surface area contributed by atoms with Gasteiger partial charge in [-0.05, 0) is 67.6 Å². The molecular formula is C13H17N3. The van der Waals surface area contributed by atoms with Crippen LogP contribution < -0.4 is 0 Å². The topological polar surface area (TPSA) is 38.7 Å². The van der Waals surface area contributed by atoms with Crippen molar-refractivity contribution < 1.29 is 0 Å². The van der Waals surface area contributed by atoms with Crippen molar-refractivity contribution in [2.75, 3.05) is 0 Å². The molecule has 0 N–H and O–H groups in total. The predicted octanol–water partition coefficient (Wildman–Crippen LogP) is 2.34. The molecule has 4 aliphatic rings. The summed E-state index contributed by atoms with van der Waals surface area (Å²) in [6.07, 6.45) is 10.3. The maximum atomic E-state index is 4.31. The number of rotatable bonds is 1. The highest BCUT2D eigenvalue weighted by Crippen LogP contribution is 2.60. The molecule has 5 rings (SSSR count). The van der Waals surface area contributed by atoms with Gasteiger partial charge in [0.1, 0.15) is 0 Å². The fourth-order valence-corrected chi connectivity index (χ4v) is 4.95. The van der Waals surface area contributed by atoms with Crippen LogP contribution in [0.2, 0.25) is 0 Å². The lowest BCUT2D eigenvalue weighted by Gasteiger charge is -2.56. The Balaban J connectivity index is 1.77. The molecular weight excluding hydrogens is 198 g/mol. The van der Waals surface area contributed by atoms with E-state index in [1.165, 1.54) is 44.2 Å². The SMILES string of the molecule is c1cc(C23CC4CC(CC(C4)C2)C3)nnn1. The van der Waals surface area contributed by atoms with Crippen LogP contribution in [0, 0.1) is 17.8 Å². The molecule has 3 nitrogen and oxygen atoms in total. The fourth-order valence-electron chi connectivity index (χ4n) is 4.95. The number of hydrogen-bond acceptors (Lipinski definition) is 3. The van der Waals surface area contributed by atoms with Crippen molar-refractivity contribution in [1.82, 2.24) is 15.4 Å². The van der Waals surface area contributed by atoms with Gasteiger partial charge < -0.3 is 0 Å². The smallest absolute Gasteiger partial charge is 0.0726 e. The van der Waals surface area contributed by atoms with E-state index in [1.54, 1.807) is 6.20 Å². The van der Waals surface area contributed by atoms with Gasteiger partial charge in [0.15, 0.2) is 0 Å². The second kappa shape index (κ2) is 3.02. The van der Waals surface area contributed by atoms with Gasteiger partial charge in [-0.25, -0.2) is 0 Å². The molecule has 1 aromatic heterocycles. The Morgan fingerprint density at radius 2 is 1.62 bits per heavy atom. The lowest BCUT2D eigenvalue weighted by molar-refractivity contribution is -0.00774. The van der Waals surface area contributed by atoms with Gasteiger partial charge in [0, 0.05) is 5.41 Å². The Labute approximate surface area is 95.7 Å². The van der Waals surface area contributed by atoms with Gasteiger partial charge in [-0.3, -0.25) is 0 Å². The molecule has 3 heteroatoms. The minimum atomic E-state index is 0.380. The summed E-state index contributed by atoms with van der Waals surface area (Å²) in [7, 11) is 0. The van der Waals surface area contributed by atoms with E-state index in [-0.39, 0.29) is 0 Å². The van der Waals surface area contributed by atoms with Crippen molar-refractivity contribution in [2.24, 2.45) is 17.8 Å². The van der Waals surface area contributed by atoms with E-state index in [4.69, 9.17) is 0 Å². The van der Waals surface area contributed by atoms with Crippen LogP contribution >= 0.6 is 0 Å². The Bertz CT molecular complexity index is 366. The minimum absolute atomic E-state index is 0.380. The summed E-state index contributed by atoms with van der Waals surface area (Å²) in [6, 6.07) is 2.10. The summed E-state index contributed by atoms with van der Waals surface area (Å²) < 4.78 is 0.